The van der Waals surface area contributed by atoms with E-state index in [1.165, 1.54) is 24.4 Å². The zero-order chi connectivity index (χ0) is 30.1. The normalized spacial score (nSPS) is 11.3. The number of hydrogen-bond acceptors (Lipinski definition) is 7. The Morgan fingerprint density at radius 3 is 2.56 bits per heavy atom. The number of aryl methyl sites for hydroxylation is 1. The molecule has 214 valence electrons. The summed E-state index contributed by atoms with van der Waals surface area (Å²) < 4.78 is 41.6. The van der Waals surface area contributed by atoms with E-state index in [4.69, 9.17) is 16.7 Å². The van der Waals surface area contributed by atoms with Crippen molar-refractivity contribution in [2.75, 3.05) is 12.4 Å². The first-order valence-electron chi connectivity index (χ1n) is 11.3. The van der Waals surface area contributed by atoms with Crippen LogP contribution in [-0.2, 0) is 12.7 Å². The van der Waals surface area contributed by atoms with Gasteiger partial charge in [0.1, 0.15) is 5.69 Å². The second-order valence-corrected chi connectivity index (χ2v) is 10.1. The molecule has 0 fully saturated rings. The Kier molecular flexibility index (Phi) is 8.47. The summed E-state index contributed by atoms with van der Waals surface area (Å²) in [5.41, 5.74) is 1.53. The van der Waals surface area contributed by atoms with Crippen LogP contribution in [0, 0.1) is 10.5 Å². The molecule has 3 amide bonds. The van der Waals surface area contributed by atoms with E-state index in [-0.39, 0.29) is 40.0 Å². The van der Waals surface area contributed by atoms with Crippen molar-refractivity contribution in [2.45, 2.75) is 19.6 Å². The highest BCUT2D eigenvalue weighted by molar-refractivity contribution is 14.1. The molecular formula is C23H18ClF3IN9O4. The van der Waals surface area contributed by atoms with Gasteiger partial charge >= 0.3 is 12.3 Å². The molecule has 18 heteroatoms. The predicted molar refractivity (Wildman–Crippen MR) is 146 cm³/mol. The van der Waals surface area contributed by atoms with Gasteiger partial charge in [-0.2, -0.15) is 18.3 Å². The fraction of sp³-hybridized carbons (Fsp3) is 0.174. The number of hydrogen-bond donors (Lipinski definition) is 3. The van der Waals surface area contributed by atoms with Crippen LogP contribution in [0.1, 0.15) is 37.8 Å². The summed E-state index contributed by atoms with van der Waals surface area (Å²) >= 11 is 8.25. The molecular weight excluding hydrogens is 686 g/mol. The van der Waals surface area contributed by atoms with Gasteiger partial charge in [0.15, 0.2) is 11.5 Å². The molecule has 0 spiro atoms. The number of halogens is 5. The number of carboxylic acid groups (broad SMARTS) is 1. The molecule has 13 nitrogen and oxygen atoms in total. The smallest absolute Gasteiger partial charge is 0.436 e. The molecule has 0 aliphatic rings. The number of pyridine rings is 1. The van der Waals surface area contributed by atoms with Gasteiger partial charge in [0.05, 0.1) is 34.7 Å². The van der Waals surface area contributed by atoms with Crippen molar-refractivity contribution >= 4 is 57.8 Å². The summed E-state index contributed by atoms with van der Waals surface area (Å²) in [6.07, 6.45) is -4.01. The van der Waals surface area contributed by atoms with Crippen LogP contribution in [-0.4, -0.2) is 64.8 Å². The minimum absolute atomic E-state index is 0.0275. The molecule has 3 heterocycles. The average molecular weight is 704 g/mol. The van der Waals surface area contributed by atoms with Crippen LogP contribution in [0.5, 0.6) is 0 Å². The van der Waals surface area contributed by atoms with Crippen molar-refractivity contribution in [3.63, 3.8) is 0 Å². The largest absolute Gasteiger partial charge is 0.464 e. The average Bonchev–Trinajstić information content (AvgIpc) is 3.53. The molecule has 0 radical (unpaired) electrons. The zero-order valence-corrected chi connectivity index (χ0v) is 23.9. The van der Waals surface area contributed by atoms with Crippen molar-refractivity contribution in [1.29, 1.82) is 0 Å². The number of rotatable bonds is 6. The van der Waals surface area contributed by atoms with Gasteiger partial charge in [0.2, 0.25) is 0 Å². The number of hydrazine groups is 1. The highest BCUT2D eigenvalue weighted by atomic mass is 127. The van der Waals surface area contributed by atoms with Crippen molar-refractivity contribution in [3.05, 3.63) is 79.5 Å². The monoisotopic (exact) mass is 703 g/mol. The van der Waals surface area contributed by atoms with Crippen molar-refractivity contribution < 1.29 is 32.7 Å². The highest BCUT2D eigenvalue weighted by Crippen LogP contribution is 2.28. The second kappa shape index (κ2) is 11.7. The fourth-order valence-corrected chi connectivity index (χ4v) is 4.54. The molecule has 3 aromatic heterocycles. The lowest BCUT2D eigenvalue weighted by Gasteiger charge is -2.18. The lowest BCUT2D eigenvalue weighted by molar-refractivity contribution is -0.141. The van der Waals surface area contributed by atoms with E-state index in [1.54, 1.807) is 19.1 Å². The van der Waals surface area contributed by atoms with E-state index in [9.17, 15) is 27.6 Å². The number of aromatic nitrogens is 6. The number of benzene rings is 1. The Morgan fingerprint density at radius 2 is 1.93 bits per heavy atom. The minimum atomic E-state index is -4.70. The molecule has 4 aromatic rings. The van der Waals surface area contributed by atoms with Gasteiger partial charge in [-0.3, -0.25) is 15.0 Å². The first-order valence-corrected chi connectivity index (χ1v) is 12.8. The fourth-order valence-electron chi connectivity index (χ4n) is 3.56. The van der Waals surface area contributed by atoms with Crippen molar-refractivity contribution in [1.82, 2.24) is 40.2 Å². The van der Waals surface area contributed by atoms with E-state index >= 15 is 0 Å². The SMILES string of the molecule is Cc1cc(I)cc(C(=O)NN(C)C(=O)O)c1NC(=O)c1cc(Cn2cc(C(F)(F)F)nn2)nn1-c1ncccc1Cl. The number of anilines is 1. The van der Waals surface area contributed by atoms with Crippen LogP contribution in [0.3, 0.4) is 0 Å². The van der Waals surface area contributed by atoms with Crippen molar-refractivity contribution in [2.24, 2.45) is 0 Å². The molecule has 0 aliphatic carbocycles. The Bertz CT molecular complexity index is 1660. The van der Waals surface area contributed by atoms with Crippen LogP contribution in [0.2, 0.25) is 5.02 Å². The Labute approximate surface area is 247 Å². The maximum absolute atomic E-state index is 13.6. The topological polar surface area (TPSA) is 160 Å². The minimum Gasteiger partial charge on any atom is -0.464 e. The Balaban J connectivity index is 1.73. The number of nitrogens with zero attached hydrogens (tertiary/aromatic N) is 7. The van der Waals surface area contributed by atoms with Crippen LogP contribution < -0.4 is 10.7 Å². The molecule has 0 unspecified atom stereocenters. The molecule has 0 bridgehead atoms. The molecule has 0 aliphatic heterocycles. The first-order chi connectivity index (χ1) is 19.2. The third-order valence-corrected chi connectivity index (χ3v) is 6.34. The third-order valence-electron chi connectivity index (χ3n) is 5.42. The van der Waals surface area contributed by atoms with Gasteiger partial charge in [-0.1, -0.05) is 16.8 Å². The summed E-state index contributed by atoms with van der Waals surface area (Å²) in [6, 6.07) is 7.50. The Hall–Kier alpha value is -4.26. The molecule has 41 heavy (non-hydrogen) atoms. The number of nitrogens with one attached hydrogen (secondary N) is 2. The van der Waals surface area contributed by atoms with Crippen LogP contribution >= 0.6 is 34.2 Å². The summed E-state index contributed by atoms with van der Waals surface area (Å²) in [7, 11) is 1.13. The van der Waals surface area contributed by atoms with Crippen LogP contribution in [0.4, 0.5) is 23.7 Å². The first kappa shape index (κ1) is 29.7. The van der Waals surface area contributed by atoms with Crippen molar-refractivity contribution in [3.8, 4) is 5.82 Å². The maximum atomic E-state index is 13.6. The van der Waals surface area contributed by atoms with Gasteiger partial charge in [0.25, 0.3) is 11.8 Å². The third kappa shape index (κ3) is 6.73. The van der Waals surface area contributed by atoms with E-state index in [0.29, 0.717) is 20.3 Å². The number of amides is 3. The van der Waals surface area contributed by atoms with Gasteiger partial charge in [0, 0.05) is 16.8 Å². The maximum Gasteiger partial charge on any atom is 0.436 e. The lowest BCUT2D eigenvalue weighted by atomic mass is 10.1. The second-order valence-electron chi connectivity index (χ2n) is 8.42. The summed E-state index contributed by atoms with van der Waals surface area (Å²) in [4.78, 5) is 41.8. The van der Waals surface area contributed by atoms with Gasteiger partial charge in [-0.05, 0) is 65.4 Å². The summed E-state index contributed by atoms with van der Waals surface area (Å²) in [5.74, 6) is -1.52. The number of carbonyl (C=O) groups is 3. The predicted octanol–water partition coefficient (Wildman–Crippen LogP) is 4.00. The van der Waals surface area contributed by atoms with E-state index in [1.807, 2.05) is 22.6 Å². The molecule has 3 N–H and O–H groups in total. The Morgan fingerprint density at radius 1 is 1.20 bits per heavy atom. The summed E-state index contributed by atoms with van der Waals surface area (Å²) in [5, 5.41) is 23.3. The number of alkyl halides is 3. The molecule has 4 rings (SSSR count). The molecule has 0 saturated carbocycles. The number of carbonyl (C=O) groups excluding carboxylic acids is 2. The molecule has 0 atom stereocenters. The van der Waals surface area contributed by atoms with Gasteiger partial charge < -0.3 is 10.4 Å². The van der Waals surface area contributed by atoms with Crippen LogP contribution in [0.15, 0.2) is 42.7 Å². The zero-order valence-electron chi connectivity index (χ0n) is 20.9. The van der Waals surface area contributed by atoms with Crippen LogP contribution in [0.25, 0.3) is 5.82 Å². The quantitative estimate of drug-likeness (QED) is 0.201. The lowest BCUT2D eigenvalue weighted by Crippen LogP contribution is -2.42. The molecule has 0 saturated heterocycles. The van der Waals surface area contributed by atoms with E-state index in [2.05, 4.69) is 31.1 Å². The van der Waals surface area contributed by atoms with E-state index in [0.717, 1.165) is 16.4 Å². The molecule has 1 aromatic carbocycles. The standard InChI is InChI=1S/C23H18ClF3IN9O4/c1-11-6-12(28)7-14(20(38)33-35(2)22(40)41)18(11)30-21(39)16-8-13(9-36-10-17(31-34-36)23(25,26)27)32-37(16)19-15(24)4-3-5-29-19/h3-8,10H,9H2,1-2H3,(H,30,39)(H,33,38)(H,40,41). The van der Waals surface area contributed by atoms with Gasteiger partial charge in [-0.25, -0.2) is 24.2 Å². The van der Waals surface area contributed by atoms with E-state index < -0.39 is 29.8 Å². The summed E-state index contributed by atoms with van der Waals surface area (Å²) in [6.45, 7) is 1.36. The van der Waals surface area contributed by atoms with Gasteiger partial charge in [-0.15, -0.1) is 5.10 Å². The highest BCUT2D eigenvalue weighted by Gasteiger charge is 2.34.